The number of aromatic nitrogens is 3. The summed E-state index contributed by atoms with van der Waals surface area (Å²) in [7, 11) is -3.10. The zero-order valence-corrected chi connectivity index (χ0v) is 49.1. The van der Waals surface area contributed by atoms with Crippen LogP contribution in [0.25, 0.3) is 137 Å². The normalized spacial score (nSPS) is 12.1. The lowest BCUT2D eigenvalue weighted by Crippen LogP contribution is -2.74. The fourth-order valence-corrected chi connectivity index (χ4v) is 20.0. The molecule has 0 radical (unpaired) electrons. The largest absolute Gasteiger partial charge is 0.309 e. The summed E-state index contributed by atoms with van der Waals surface area (Å²) in [5.41, 5.74) is 15.2. The van der Waals surface area contributed by atoms with E-state index in [0.29, 0.717) is 0 Å². The molecule has 15 aromatic carbocycles. The van der Waals surface area contributed by atoms with Crippen LogP contribution in [0.3, 0.4) is 0 Å². The van der Waals surface area contributed by atoms with Crippen LogP contribution in [-0.4, -0.2) is 21.8 Å². The van der Waals surface area contributed by atoms with E-state index < -0.39 is 8.07 Å². The Morgan fingerprint density at radius 2 is 0.534 bits per heavy atom. The summed E-state index contributed by atoms with van der Waals surface area (Å²) in [4.78, 5) is 0. The van der Waals surface area contributed by atoms with E-state index in [0.717, 1.165) is 28.1 Å². The third kappa shape index (κ3) is 7.49. The molecule has 3 heterocycles. The summed E-state index contributed by atoms with van der Waals surface area (Å²) in [6, 6.07) is 125. The van der Waals surface area contributed by atoms with E-state index >= 15 is 0 Å². The van der Waals surface area contributed by atoms with Crippen LogP contribution in [-0.2, 0) is 0 Å². The number of hydrogen-bond donors (Lipinski definition) is 0. The number of hydrogen-bond acceptors (Lipinski definition) is 0. The smallest absolute Gasteiger partial charge is 0.179 e. The van der Waals surface area contributed by atoms with Crippen molar-refractivity contribution in [2.24, 2.45) is 0 Å². The first kappa shape index (κ1) is 50.1. The first-order valence-corrected chi connectivity index (χ1v) is 32.5. The van der Waals surface area contributed by atoms with Crippen LogP contribution in [0.15, 0.2) is 334 Å². The predicted octanol–water partition coefficient (Wildman–Crippen LogP) is 19.1. The fraction of sp³-hybridized carbons (Fsp3) is 0. The van der Waals surface area contributed by atoms with Gasteiger partial charge in [0, 0.05) is 54.8 Å². The van der Waals surface area contributed by atoms with Gasteiger partial charge >= 0.3 is 0 Å². The molecule has 0 aliphatic heterocycles. The molecule has 0 spiro atoms. The van der Waals surface area contributed by atoms with Crippen LogP contribution in [0.5, 0.6) is 0 Å². The highest BCUT2D eigenvalue weighted by molar-refractivity contribution is 7.20. The molecule has 18 aromatic rings. The molecule has 0 saturated carbocycles. The maximum Gasteiger partial charge on any atom is 0.179 e. The summed E-state index contributed by atoms with van der Waals surface area (Å²) in [6.07, 6.45) is 0. The van der Waals surface area contributed by atoms with Gasteiger partial charge in [-0.05, 0) is 137 Å². The van der Waals surface area contributed by atoms with Gasteiger partial charge in [-0.2, -0.15) is 0 Å². The van der Waals surface area contributed by atoms with Crippen molar-refractivity contribution in [3.8, 4) is 39.3 Å². The van der Waals surface area contributed by atoms with E-state index in [1.54, 1.807) is 0 Å². The van der Waals surface area contributed by atoms with Crippen molar-refractivity contribution in [3.05, 3.63) is 334 Å². The molecule has 0 aliphatic carbocycles. The van der Waals surface area contributed by atoms with Gasteiger partial charge in [-0.1, -0.05) is 267 Å². The number of benzene rings is 15. The Kier molecular flexibility index (Phi) is 11.3. The lowest BCUT2D eigenvalue weighted by Gasteiger charge is -2.35. The number of fused-ring (bicyclic) bond motifs is 16. The highest BCUT2D eigenvalue weighted by atomic mass is 28.3. The molecule has 410 valence electrons. The summed E-state index contributed by atoms with van der Waals surface area (Å²) in [5.74, 6) is 0. The van der Waals surface area contributed by atoms with Gasteiger partial charge in [0.15, 0.2) is 8.07 Å². The molecule has 0 aliphatic rings. The molecule has 0 bridgehead atoms. The molecule has 3 nitrogen and oxygen atoms in total. The Bertz CT molecular complexity index is 5620. The standard InChI is InChI=1S/C84H55N3Si/c1-4-22-56(23-5-1)58-26-20-30-65(52-58)88(63-28-8-3-9-29-63,66-31-21-27-59(53-66)57-24-6-2-7-25-57)64-46-42-60(43-47-64)85-81-51-49-74-69-34-11-10-32-67(69)68-33-12-13-38-73(68)83(74)84(81)75-48-44-62(55-82(75)85)87-79-41-19-16-37-72(79)76-54-61(45-50-80(76)87)86-77-39-17-14-35-70(77)71-36-15-18-40-78(71)86/h1-55H. The quantitative estimate of drug-likeness (QED) is 0.0777. The Balaban J connectivity index is 0.894. The van der Waals surface area contributed by atoms with Gasteiger partial charge in [0.2, 0.25) is 0 Å². The van der Waals surface area contributed by atoms with Crippen molar-refractivity contribution < 1.29 is 0 Å². The Hall–Kier alpha value is -11.3. The minimum absolute atomic E-state index is 1.11. The van der Waals surface area contributed by atoms with Crippen LogP contribution in [0, 0.1) is 0 Å². The summed E-state index contributed by atoms with van der Waals surface area (Å²) >= 11 is 0. The van der Waals surface area contributed by atoms with E-state index in [-0.39, 0.29) is 0 Å². The molecule has 0 N–H and O–H groups in total. The van der Waals surface area contributed by atoms with Crippen molar-refractivity contribution in [2.75, 3.05) is 0 Å². The summed E-state index contributed by atoms with van der Waals surface area (Å²) in [5, 5.41) is 20.3. The number of para-hydroxylation sites is 3. The van der Waals surface area contributed by atoms with Gasteiger partial charge in [-0.3, -0.25) is 0 Å². The van der Waals surface area contributed by atoms with Crippen LogP contribution < -0.4 is 20.7 Å². The van der Waals surface area contributed by atoms with Crippen molar-refractivity contribution in [3.63, 3.8) is 0 Å². The summed E-state index contributed by atoms with van der Waals surface area (Å²) < 4.78 is 7.46. The predicted molar refractivity (Wildman–Crippen MR) is 376 cm³/mol. The first-order valence-electron chi connectivity index (χ1n) is 30.5. The van der Waals surface area contributed by atoms with E-state index in [9.17, 15) is 0 Å². The third-order valence-corrected chi connectivity index (χ3v) is 23.7. The number of rotatable bonds is 9. The van der Waals surface area contributed by atoms with E-state index in [4.69, 9.17) is 0 Å². The second-order valence-electron chi connectivity index (χ2n) is 23.5. The van der Waals surface area contributed by atoms with Gasteiger partial charge in [0.1, 0.15) is 0 Å². The van der Waals surface area contributed by atoms with Crippen molar-refractivity contribution >= 4 is 127 Å². The molecule has 18 rings (SSSR count). The van der Waals surface area contributed by atoms with Gasteiger partial charge < -0.3 is 13.7 Å². The average molecular weight is 1130 g/mol. The maximum absolute atomic E-state index is 3.10. The SMILES string of the molecule is c1ccc(-c2cccc([Si](c3ccccc3)(c3ccc(-n4c5cc(-n6c7ccccc7c7cc(-n8c9ccccc9c9ccccc98)ccc76)ccc5c5c6c7ccccc7c7ccccc7c6ccc54)cc3)c3cccc(-c4ccccc4)c3)c2)cc1. The zero-order chi connectivity index (χ0) is 57.9. The van der Waals surface area contributed by atoms with Gasteiger partial charge in [-0.15, -0.1) is 0 Å². The molecule has 0 unspecified atom stereocenters. The van der Waals surface area contributed by atoms with Crippen LogP contribution >= 0.6 is 0 Å². The molecule has 4 heteroatoms. The second-order valence-corrected chi connectivity index (χ2v) is 27.3. The zero-order valence-electron chi connectivity index (χ0n) is 48.1. The fourth-order valence-electron chi connectivity index (χ4n) is 15.2. The lowest BCUT2D eigenvalue weighted by atomic mass is 9.92. The Morgan fingerprint density at radius 1 is 0.170 bits per heavy atom. The Labute approximate surface area is 510 Å². The van der Waals surface area contributed by atoms with Gasteiger partial charge in [-0.25, -0.2) is 0 Å². The molecule has 0 fully saturated rings. The van der Waals surface area contributed by atoms with Crippen molar-refractivity contribution in [1.29, 1.82) is 0 Å². The van der Waals surface area contributed by atoms with E-state index in [2.05, 4.69) is 347 Å². The second kappa shape index (κ2) is 19.9. The monoisotopic (exact) mass is 1130 g/mol. The van der Waals surface area contributed by atoms with Crippen LogP contribution in [0.1, 0.15) is 0 Å². The number of nitrogens with zero attached hydrogens (tertiary/aromatic N) is 3. The highest BCUT2D eigenvalue weighted by Gasteiger charge is 2.42. The molecule has 88 heavy (non-hydrogen) atoms. The molecule has 0 amide bonds. The van der Waals surface area contributed by atoms with E-state index in [1.165, 1.54) is 130 Å². The Morgan fingerprint density at radius 3 is 1.10 bits per heavy atom. The molecule has 0 atom stereocenters. The van der Waals surface area contributed by atoms with Crippen LogP contribution in [0.2, 0.25) is 0 Å². The van der Waals surface area contributed by atoms with Crippen LogP contribution in [0.4, 0.5) is 0 Å². The van der Waals surface area contributed by atoms with E-state index in [1.807, 2.05) is 0 Å². The molecular formula is C84H55N3Si. The van der Waals surface area contributed by atoms with Gasteiger partial charge in [0.25, 0.3) is 0 Å². The molecule has 0 saturated heterocycles. The average Bonchev–Trinajstić information content (AvgIpc) is 1.48. The third-order valence-electron chi connectivity index (χ3n) is 18.9. The van der Waals surface area contributed by atoms with Crippen molar-refractivity contribution in [2.45, 2.75) is 0 Å². The summed E-state index contributed by atoms with van der Waals surface area (Å²) in [6.45, 7) is 0. The van der Waals surface area contributed by atoms with Gasteiger partial charge in [0.05, 0.1) is 33.1 Å². The topological polar surface area (TPSA) is 14.8 Å². The minimum atomic E-state index is -3.10. The molecular weight excluding hydrogens is 1080 g/mol. The lowest BCUT2D eigenvalue weighted by molar-refractivity contribution is 1.15. The minimum Gasteiger partial charge on any atom is -0.309 e. The maximum atomic E-state index is 2.55. The highest BCUT2D eigenvalue weighted by Crippen LogP contribution is 2.45. The first-order chi connectivity index (χ1) is 43.7. The molecule has 3 aromatic heterocycles. The van der Waals surface area contributed by atoms with Crippen molar-refractivity contribution in [1.82, 2.24) is 13.7 Å².